The molecule has 9 heteroatoms. The zero-order chi connectivity index (χ0) is 13.7. The minimum absolute atomic E-state index is 0.0786. The largest absolute Gasteiger partial charge is 0.323 e. The molecule has 98 valence electrons. The van der Waals surface area contributed by atoms with Crippen molar-refractivity contribution in [3.63, 3.8) is 0 Å². The van der Waals surface area contributed by atoms with Crippen LogP contribution in [-0.2, 0) is 19.7 Å². The fourth-order valence-corrected chi connectivity index (χ4v) is 3.20. The van der Waals surface area contributed by atoms with Gasteiger partial charge in [0.1, 0.15) is 0 Å². The van der Waals surface area contributed by atoms with Crippen LogP contribution in [0.1, 0.15) is 0 Å². The highest BCUT2D eigenvalue weighted by atomic mass is 32.2. The maximum absolute atomic E-state index is 11.6. The number of benzene rings is 1. The maximum Gasteiger partial charge on any atom is 0.323 e. The van der Waals surface area contributed by atoms with E-state index in [2.05, 4.69) is 9.97 Å². The first-order valence-corrected chi connectivity index (χ1v) is 8.53. The van der Waals surface area contributed by atoms with Crippen molar-refractivity contribution in [3.05, 3.63) is 22.6 Å². The summed E-state index contributed by atoms with van der Waals surface area (Å²) in [6.45, 7) is 0. The van der Waals surface area contributed by atoms with Gasteiger partial charge >= 0.3 is 5.69 Å². The molecule has 0 unspecified atom stereocenters. The summed E-state index contributed by atoms with van der Waals surface area (Å²) in [5.74, 6) is 0. The smallest absolute Gasteiger partial charge is 0.306 e. The first-order chi connectivity index (χ1) is 8.09. The fourth-order valence-electron chi connectivity index (χ4n) is 1.59. The van der Waals surface area contributed by atoms with Gasteiger partial charge in [0.2, 0.25) is 0 Å². The highest BCUT2D eigenvalue weighted by molar-refractivity contribution is 7.91. The van der Waals surface area contributed by atoms with Crippen LogP contribution >= 0.6 is 0 Å². The topological polar surface area (TPSA) is 117 Å². The summed E-state index contributed by atoms with van der Waals surface area (Å²) in [6.07, 6.45) is 1.91. The molecule has 18 heavy (non-hydrogen) atoms. The monoisotopic (exact) mass is 290 g/mol. The van der Waals surface area contributed by atoms with Gasteiger partial charge in [-0.15, -0.1) is 0 Å². The number of hydrogen-bond acceptors (Lipinski definition) is 5. The third-order valence-corrected chi connectivity index (χ3v) is 4.60. The number of fused-ring (bicyclic) bond motifs is 1. The van der Waals surface area contributed by atoms with Gasteiger partial charge < -0.3 is 9.97 Å². The van der Waals surface area contributed by atoms with Gasteiger partial charge in [-0.25, -0.2) is 21.6 Å². The van der Waals surface area contributed by atoms with Crippen LogP contribution in [0.25, 0.3) is 11.0 Å². The number of aromatic amines is 2. The van der Waals surface area contributed by atoms with Crippen molar-refractivity contribution in [2.75, 3.05) is 12.5 Å². The molecule has 1 aromatic heterocycles. The minimum atomic E-state index is -3.65. The second-order valence-corrected chi connectivity index (χ2v) is 7.97. The summed E-state index contributed by atoms with van der Waals surface area (Å²) >= 11 is 0. The molecule has 0 saturated heterocycles. The van der Waals surface area contributed by atoms with Gasteiger partial charge in [-0.1, -0.05) is 0 Å². The van der Waals surface area contributed by atoms with Crippen molar-refractivity contribution < 1.29 is 16.8 Å². The first kappa shape index (κ1) is 12.8. The van der Waals surface area contributed by atoms with Gasteiger partial charge in [-0.3, -0.25) is 0 Å². The molecule has 1 aromatic carbocycles. The normalized spacial score (nSPS) is 13.0. The van der Waals surface area contributed by atoms with Crippen molar-refractivity contribution in [2.45, 2.75) is 9.79 Å². The van der Waals surface area contributed by atoms with E-state index in [9.17, 15) is 21.6 Å². The molecular formula is C9H10N2O5S2. The molecule has 1 heterocycles. The SMILES string of the molecule is CS(=O)(=O)c1cc(S(C)(=O)=O)c2[nH]c(=O)[nH]c2c1. The number of rotatable bonds is 2. The molecule has 7 nitrogen and oxygen atoms in total. The Balaban J connectivity index is 3.03. The van der Waals surface area contributed by atoms with Gasteiger partial charge in [0.15, 0.2) is 19.7 Å². The lowest BCUT2D eigenvalue weighted by Gasteiger charge is -2.04. The standard InChI is InChI=1S/C9H10N2O5S2/c1-17(13,14)5-3-6-8(11-9(12)10-6)7(4-5)18(2,15)16/h3-4H,1-2H3,(H2,10,11,12). The zero-order valence-corrected chi connectivity index (χ0v) is 11.1. The summed E-state index contributed by atoms with van der Waals surface area (Å²) in [5, 5.41) is 0. The Labute approximate surface area is 103 Å². The van der Waals surface area contributed by atoms with Crippen LogP contribution in [0.5, 0.6) is 0 Å². The van der Waals surface area contributed by atoms with Crippen molar-refractivity contribution in [1.29, 1.82) is 0 Å². The van der Waals surface area contributed by atoms with Gasteiger partial charge in [0.05, 0.1) is 20.8 Å². The third-order valence-electron chi connectivity index (χ3n) is 2.39. The molecule has 0 radical (unpaired) electrons. The van der Waals surface area contributed by atoms with Gasteiger partial charge in [0.25, 0.3) is 0 Å². The number of hydrogen-bond donors (Lipinski definition) is 2. The fraction of sp³-hybridized carbons (Fsp3) is 0.222. The highest BCUT2D eigenvalue weighted by Gasteiger charge is 2.19. The van der Waals surface area contributed by atoms with Crippen molar-refractivity contribution in [3.8, 4) is 0 Å². The lowest BCUT2D eigenvalue weighted by atomic mass is 10.3. The number of H-pyrrole nitrogens is 2. The van der Waals surface area contributed by atoms with Crippen molar-refractivity contribution in [1.82, 2.24) is 9.97 Å². The van der Waals surface area contributed by atoms with Crippen LogP contribution < -0.4 is 5.69 Å². The molecule has 2 N–H and O–H groups in total. The molecule has 0 atom stereocenters. The van der Waals surface area contributed by atoms with Crippen molar-refractivity contribution >= 4 is 30.7 Å². The second-order valence-electron chi connectivity index (χ2n) is 3.97. The molecule has 0 bridgehead atoms. The summed E-state index contributed by atoms with van der Waals surface area (Å²) in [4.78, 5) is 15.5. The number of aromatic nitrogens is 2. The van der Waals surface area contributed by atoms with E-state index in [0.717, 1.165) is 18.6 Å². The van der Waals surface area contributed by atoms with E-state index in [4.69, 9.17) is 0 Å². The second kappa shape index (κ2) is 3.69. The van der Waals surface area contributed by atoms with Gasteiger partial charge in [0, 0.05) is 12.5 Å². The molecule has 2 aromatic rings. The summed E-state index contributed by atoms with van der Waals surface area (Å²) < 4.78 is 46.1. The molecule has 0 saturated carbocycles. The van der Waals surface area contributed by atoms with E-state index in [1.165, 1.54) is 6.07 Å². The molecule has 2 rings (SSSR count). The van der Waals surface area contributed by atoms with Crippen LogP contribution in [0, 0.1) is 0 Å². The van der Waals surface area contributed by atoms with Crippen LogP contribution in [0.4, 0.5) is 0 Å². The Kier molecular flexibility index (Phi) is 2.63. The van der Waals surface area contributed by atoms with Crippen LogP contribution in [0.2, 0.25) is 0 Å². The Morgan fingerprint density at radius 2 is 1.56 bits per heavy atom. The predicted octanol–water partition coefficient (Wildman–Crippen LogP) is -0.337. The van der Waals surface area contributed by atoms with E-state index in [-0.39, 0.29) is 20.8 Å². The lowest BCUT2D eigenvalue weighted by molar-refractivity contribution is 0.601. The molecule has 0 aliphatic carbocycles. The van der Waals surface area contributed by atoms with E-state index < -0.39 is 25.4 Å². The Hall–Kier alpha value is -1.61. The van der Waals surface area contributed by atoms with E-state index in [0.29, 0.717) is 0 Å². The van der Waals surface area contributed by atoms with E-state index >= 15 is 0 Å². The number of nitrogens with one attached hydrogen (secondary N) is 2. The Morgan fingerprint density at radius 3 is 2.06 bits per heavy atom. The number of imidazole rings is 1. The molecular weight excluding hydrogens is 280 g/mol. The molecule has 0 aliphatic rings. The van der Waals surface area contributed by atoms with Crippen LogP contribution in [0.15, 0.2) is 26.7 Å². The highest BCUT2D eigenvalue weighted by Crippen LogP contribution is 2.23. The third kappa shape index (κ3) is 2.18. The average Bonchev–Trinajstić information content (AvgIpc) is 2.52. The molecule has 0 aliphatic heterocycles. The average molecular weight is 290 g/mol. The lowest BCUT2D eigenvalue weighted by Crippen LogP contribution is -2.03. The van der Waals surface area contributed by atoms with Crippen LogP contribution in [0.3, 0.4) is 0 Å². The quantitative estimate of drug-likeness (QED) is 0.785. The molecule has 0 fully saturated rings. The van der Waals surface area contributed by atoms with Gasteiger partial charge in [-0.2, -0.15) is 0 Å². The van der Waals surface area contributed by atoms with Crippen molar-refractivity contribution in [2.24, 2.45) is 0 Å². The van der Waals surface area contributed by atoms with Gasteiger partial charge in [-0.05, 0) is 12.1 Å². The summed E-state index contributed by atoms with van der Waals surface area (Å²) in [6, 6.07) is 2.26. The summed E-state index contributed by atoms with van der Waals surface area (Å²) in [5.41, 5.74) is -0.376. The van der Waals surface area contributed by atoms with E-state index in [1.54, 1.807) is 0 Å². The minimum Gasteiger partial charge on any atom is -0.306 e. The Morgan fingerprint density at radius 1 is 0.944 bits per heavy atom. The predicted molar refractivity (Wildman–Crippen MR) is 65.1 cm³/mol. The molecule has 0 spiro atoms. The molecule has 0 amide bonds. The number of sulfone groups is 2. The zero-order valence-electron chi connectivity index (χ0n) is 9.51. The maximum atomic E-state index is 11.6. The van der Waals surface area contributed by atoms with E-state index in [1.807, 2.05) is 0 Å². The first-order valence-electron chi connectivity index (χ1n) is 4.75. The Bertz CT molecular complexity index is 887. The summed E-state index contributed by atoms with van der Waals surface area (Å²) in [7, 11) is -7.22. The van der Waals surface area contributed by atoms with Crippen LogP contribution in [-0.4, -0.2) is 39.3 Å².